The number of nitrogens with zero attached hydrogens (tertiary/aromatic N) is 4. The number of halogens is 1. The minimum Gasteiger partial charge on any atom is -0.376 e. The molecule has 2 aromatic heterocycles. The van der Waals surface area contributed by atoms with Crippen molar-refractivity contribution in [3.8, 4) is 6.07 Å². The van der Waals surface area contributed by atoms with Crippen LogP contribution in [0.5, 0.6) is 0 Å². The Hall–Kier alpha value is -4.36. The second-order valence-electron chi connectivity index (χ2n) is 11.0. The van der Waals surface area contributed by atoms with E-state index in [0.29, 0.717) is 21.8 Å². The molecule has 0 spiro atoms. The van der Waals surface area contributed by atoms with E-state index < -0.39 is 5.60 Å². The fourth-order valence-corrected chi connectivity index (χ4v) is 5.24. The number of pyridine rings is 2. The molecule has 42 heavy (non-hydrogen) atoms. The Kier molecular flexibility index (Phi) is 8.50. The van der Waals surface area contributed by atoms with Gasteiger partial charge in [0.05, 0.1) is 45.2 Å². The summed E-state index contributed by atoms with van der Waals surface area (Å²) < 4.78 is 5.92. The Balaban J connectivity index is 1.61. The second kappa shape index (κ2) is 12.2. The van der Waals surface area contributed by atoms with Gasteiger partial charge in [0.25, 0.3) is 0 Å². The first-order chi connectivity index (χ1) is 20.2. The number of aromatic nitrogens is 2. The predicted octanol–water partition coefficient (Wildman–Crippen LogP) is 6.46. The second-order valence-corrected chi connectivity index (χ2v) is 11.4. The summed E-state index contributed by atoms with van der Waals surface area (Å²) in [5, 5.41) is 20.6. The molecule has 1 aliphatic heterocycles. The number of anilines is 2. The lowest BCUT2D eigenvalue weighted by molar-refractivity contribution is 0.00568. The average molecular weight is 583 g/mol. The van der Waals surface area contributed by atoms with Gasteiger partial charge in [-0.15, -0.1) is 5.53 Å². The molecule has 0 bridgehead atoms. The van der Waals surface area contributed by atoms with E-state index in [9.17, 15) is 5.26 Å². The van der Waals surface area contributed by atoms with Crippen LogP contribution in [-0.2, 0) is 4.74 Å². The molecule has 2 atom stereocenters. The van der Waals surface area contributed by atoms with Crippen molar-refractivity contribution in [1.29, 1.82) is 5.26 Å². The Morgan fingerprint density at radius 1 is 1.05 bits per heavy atom. The SMILES string of the molecule is COC(C)(C)C(Nc1c(C#N)cnc2c(Cl)cc(N[C@H](C3=CN(C(C)C)NN3)c3cccnc3)cc12)c1ccccc1. The number of fused-ring (bicyclic) bond motifs is 1. The monoisotopic (exact) mass is 582 g/mol. The van der Waals surface area contributed by atoms with Crippen LogP contribution in [0.4, 0.5) is 11.4 Å². The van der Waals surface area contributed by atoms with Gasteiger partial charge in [-0.1, -0.05) is 48.0 Å². The summed E-state index contributed by atoms with van der Waals surface area (Å²) in [5.41, 5.74) is 11.2. The van der Waals surface area contributed by atoms with E-state index in [1.165, 1.54) is 0 Å². The van der Waals surface area contributed by atoms with Gasteiger partial charge in [0.15, 0.2) is 0 Å². The lowest BCUT2D eigenvalue weighted by Crippen LogP contribution is -2.41. The smallest absolute Gasteiger partial charge is 0.103 e. The highest BCUT2D eigenvalue weighted by molar-refractivity contribution is 6.35. The maximum atomic E-state index is 10.1. The Morgan fingerprint density at radius 3 is 2.45 bits per heavy atom. The standard InChI is InChI=1S/C32H35ClN8O/c1-20(2)41-19-27(39-40-41)29(22-12-9-13-35-17-22)37-24-14-25-28(23(16-34)18-36-30(25)26(33)15-24)38-31(32(3,4)42-5)21-10-7-6-8-11-21/h6-15,17-20,29,31,37,39-40H,1-5H3,(H,36,38)/t29-,31?/m0/s1. The van der Waals surface area contributed by atoms with E-state index in [4.69, 9.17) is 16.3 Å². The number of hydrogen-bond acceptors (Lipinski definition) is 9. The quantitative estimate of drug-likeness (QED) is 0.167. The Morgan fingerprint density at radius 2 is 1.81 bits per heavy atom. The summed E-state index contributed by atoms with van der Waals surface area (Å²) in [7, 11) is 1.69. The van der Waals surface area contributed by atoms with Crippen LogP contribution in [0.25, 0.3) is 10.9 Å². The normalized spacial score (nSPS) is 14.7. The highest BCUT2D eigenvalue weighted by atomic mass is 35.5. The van der Waals surface area contributed by atoms with Crippen molar-refractivity contribution in [2.45, 2.75) is 51.4 Å². The molecular weight excluding hydrogens is 548 g/mol. The molecule has 1 aliphatic rings. The first kappa shape index (κ1) is 29.1. The molecule has 0 fully saturated rings. The molecular formula is C32H35ClN8O. The average Bonchev–Trinajstić information content (AvgIpc) is 3.50. The minimum atomic E-state index is -0.607. The maximum absolute atomic E-state index is 10.1. The van der Waals surface area contributed by atoms with Crippen molar-refractivity contribution in [2.24, 2.45) is 0 Å². The van der Waals surface area contributed by atoms with Gasteiger partial charge < -0.3 is 20.8 Å². The first-order valence-electron chi connectivity index (χ1n) is 13.8. The fraction of sp³-hybridized carbons (Fsp3) is 0.281. The highest BCUT2D eigenvalue weighted by Crippen LogP contribution is 2.39. The number of nitriles is 1. The third-order valence-electron chi connectivity index (χ3n) is 7.49. The molecule has 1 unspecified atom stereocenters. The zero-order chi connectivity index (χ0) is 29.9. The van der Waals surface area contributed by atoms with Gasteiger partial charge in [0, 0.05) is 49.0 Å². The van der Waals surface area contributed by atoms with Gasteiger partial charge in [0.1, 0.15) is 6.07 Å². The third-order valence-corrected chi connectivity index (χ3v) is 7.78. The van der Waals surface area contributed by atoms with Crippen LogP contribution in [0.2, 0.25) is 5.02 Å². The largest absolute Gasteiger partial charge is 0.376 e. The van der Waals surface area contributed by atoms with Crippen LogP contribution >= 0.6 is 11.6 Å². The van der Waals surface area contributed by atoms with Crippen molar-refractivity contribution >= 4 is 33.9 Å². The minimum absolute atomic E-state index is 0.248. The van der Waals surface area contributed by atoms with Gasteiger partial charge in [-0.25, -0.2) is 0 Å². The zero-order valence-electron chi connectivity index (χ0n) is 24.3. The number of rotatable bonds is 10. The summed E-state index contributed by atoms with van der Waals surface area (Å²) in [6.45, 7) is 8.24. The molecule has 10 heteroatoms. The van der Waals surface area contributed by atoms with E-state index in [1.807, 2.05) is 85.9 Å². The first-order valence-corrected chi connectivity index (χ1v) is 14.2. The number of hydrazine groups is 2. The maximum Gasteiger partial charge on any atom is 0.103 e. The molecule has 2 aromatic carbocycles. The van der Waals surface area contributed by atoms with Crippen LogP contribution < -0.4 is 21.6 Å². The van der Waals surface area contributed by atoms with Gasteiger partial charge in [-0.3, -0.25) is 15.0 Å². The molecule has 4 N–H and O–H groups in total. The van der Waals surface area contributed by atoms with Gasteiger partial charge in [-0.2, -0.15) is 5.26 Å². The fourth-order valence-electron chi connectivity index (χ4n) is 4.97. The van der Waals surface area contributed by atoms with E-state index in [-0.39, 0.29) is 18.1 Å². The molecule has 0 aliphatic carbocycles. The molecule has 216 valence electrons. The number of hydrogen-bond donors (Lipinski definition) is 4. The zero-order valence-corrected chi connectivity index (χ0v) is 25.1. The number of ether oxygens (including phenoxy) is 1. The number of benzene rings is 2. The summed E-state index contributed by atoms with van der Waals surface area (Å²) in [5.74, 6) is 0. The molecule has 3 heterocycles. The molecule has 0 amide bonds. The van der Waals surface area contributed by atoms with Crippen LogP contribution in [0, 0.1) is 11.3 Å². The topological polar surface area (TPSA) is 110 Å². The molecule has 5 rings (SSSR count). The molecule has 0 radical (unpaired) electrons. The highest BCUT2D eigenvalue weighted by Gasteiger charge is 2.32. The lowest BCUT2D eigenvalue weighted by Gasteiger charge is -2.35. The van der Waals surface area contributed by atoms with Crippen molar-refractivity contribution in [2.75, 3.05) is 17.7 Å². The predicted molar refractivity (Wildman–Crippen MR) is 167 cm³/mol. The third kappa shape index (κ3) is 5.97. The molecule has 9 nitrogen and oxygen atoms in total. The van der Waals surface area contributed by atoms with Crippen LogP contribution in [0.1, 0.15) is 56.5 Å². The number of nitrogens with one attached hydrogen (secondary N) is 4. The van der Waals surface area contributed by atoms with E-state index >= 15 is 0 Å². The summed E-state index contributed by atoms with van der Waals surface area (Å²) in [6.07, 6.45) is 7.18. The van der Waals surface area contributed by atoms with Crippen LogP contribution in [0.15, 0.2) is 85.1 Å². The van der Waals surface area contributed by atoms with Gasteiger partial charge >= 0.3 is 0 Å². The molecule has 4 aromatic rings. The lowest BCUT2D eigenvalue weighted by atomic mass is 9.90. The number of methoxy groups -OCH3 is 1. The molecule has 0 saturated carbocycles. The van der Waals surface area contributed by atoms with Gasteiger partial charge in [-0.05, 0) is 57.0 Å². The summed E-state index contributed by atoms with van der Waals surface area (Å²) in [6, 6.07) is 19.8. The van der Waals surface area contributed by atoms with E-state index in [1.54, 1.807) is 19.5 Å². The van der Waals surface area contributed by atoms with Crippen LogP contribution in [0.3, 0.4) is 0 Å². The Labute approximate surface area is 251 Å². The summed E-state index contributed by atoms with van der Waals surface area (Å²) >= 11 is 6.85. The Bertz CT molecular complexity index is 1620. The van der Waals surface area contributed by atoms with Crippen molar-refractivity contribution in [3.05, 3.63) is 107 Å². The molecule has 0 saturated heterocycles. The van der Waals surface area contributed by atoms with Crippen LogP contribution in [-0.4, -0.2) is 33.7 Å². The van der Waals surface area contributed by atoms with E-state index in [0.717, 1.165) is 27.9 Å². The van der Waals surface area contributed by atoms with Crippen molar-refractivity contribution in [1.82, 2.24) is 25.9 Å². The van der Waals surface area contributed by atoms with Crippen molar-refractivity contribution in [3.63, 3.8) is 0 Å². The summed E-state index contributed by atoms with van der Waals surface area (Å²) in [4.78, 5) is 8.90. The van der Waals surface area contributed by atoms with Crippen molar-refractivity contribution < 1.29 is 4.74 Å². The van der Waals surface area contributed by atoms with E-state index in [2.05, 4.69) is 51.5 Å². The van der Waals surface area contributed by atoms with Gasteiger partial charge in [0.2, 0.25) is 0 Å².